The minimum absolute atomic E-state index is 0.0906. The Morgan fingerprint density at radius 3 is 2.50 bits per heavy atom. The second-order valence-corrected chi connectivity index (χ2v) is 3.24. The van der Waals surface area contributed by atoms with Crippen LogP contribution in [0.1, 0.15) is 5.56 Å². The predicted molar refractivity (Wildman–Crippen MR) is 62.3 cm³/mol. The molecule has 0 spiro atoms. The minimum Gasteiger partial charge on any atom is -0.491 e. The van der Waals surface area contributed by atoms with E-state index in [0.717, 1.165) is 12.0 Å². The molecule has 1 aromatic rings. The van der Waals surface area contributed by atoms with Crippen molar-refractivity contribution in [1.29, 1.82) is 0 Å². The first-order valence-corrected chi connectivity index (χ1v) is 5.05. The van der Waals surface area contributed by atoms with E-state index in [1.54, 1.807) is 12.1 Å². The van der Waals surface area contributed by atoms with Gasteiger partial charge >= 0.3 is 0 Å². The average molecular weight is 224 g/mol. The summed E-state index contributed by atoms with van der Waals surface area (Å²) in [6, 6.07) is 7.44. The number of aliphatic imine (C=N–C) groups is 1. The highest BCUT2D eigenvalue weighted by molar-refractivity contribution is 5.75. The molecule has 5 heteroatoms. The maximum Gasteiger partial charge on any atom is 0.185 e. The number of ether oxygens (including phenoxy) is 1. The number of hydrogen-bond acceptors (Lipinski definition) is 2. The van der Waals surface area contributed by atoms with Crippen LogP contribution in [0.15, 0.2) is 29.3 Å². The molecule has 0 aromatic heterocycles. The van der Waals surface area contributed by atoms with Gasteiger partial charge in [0.15, 0.2) is 5.96 Å². The van der Waals surface area contributed by atoms with E-state index in [4.69, 9.17) is 16.2 Å². The molecule has 0 amide bonds. The van der Waals surface area contributed by atoms with Crippen molar-refractivity contribution in [1.82, 2.24) is 0 Å². The third-order valence-electron chi connectivity index (χ3n) is 1.96. The van der Waals surface area contributed by atoms with Crippen LogP contribution in [-0.2, 0) is 6.42 Å². The molecule has 0 atom stereocenters. The Morgan fingerprint density at radius 1 is 1.25 bits per heavy atom. The summed E-state index contributed by atoms with van der Waals surface area (Å²) < 4.78 is 16.9. The average Bonchev–Trinajstić information content (AvgIpc) is 2.27. The number of rotatable bonds is 6. The van der Waals surface area contributed by atoms with Crippen LogP contribution in [0.5, 0.6) is 5.75 Å². The molecule has 0 aliphatic carbocycles. The largest absolute Gasteiger partial charge is 0.491 e. The molecule has 0 saturated heterocycles. The zero-order chi connectivity index (χ0) is 11.8. The number of nitrogens with zero attached hydrogens (tertiary/aromatic N) is 1. The van der Waals surface area contributed by atoms with Gasteiger partial charge in [-0.25, -0.2) is 4.39 Å². The lowest BCUT2D eigenvalue weighted by Crippen LogP contribution is -2.23. The lowest BCUT2D eigenvalue weighted by molar-refractivity contribution is 0.273. The van der Waals surface area contributed by atoms with Gasteiger partial charge in [-0.1, -0.05) is 12.1 Å². The van der Waals surface area contributed by atoms with Crippen molar-refractivity contribution in [2.24, 2.45) is 16.5 Å². The molecule has 4 N–H and O–H groups in total. The predicted octanol–water partition coefficient (Wildman–Crippen LogP) is 0.851. The molecule has 1 aromatic carbocycles. The summed E-state index contributed by atoms with van der Waals surface area (Å²) in [6.07, 6.45) is 0.765. The summed E-state index contributed by atoms with van der Waals surface area (Å²) in [6.45, 7) is 0.173. The second-order valence-electron chi connectivity index (χ2n) is 3.24. The first-order valence-electron chi connectivity index (χ1n) is 5.05. The van der Waals surface area contributed by atoms with Gasteiger partial charge in [-0.2, -0.15) is 0 Å². The summed E-state index contributed by atoms with van der Waals surface area (Å²) in [5.41, 5.74) is 11.5. The van der Waals surface area contributed by atoms with Gasteiger partial charge in [0, 0.05) is 6.54 Å². The van der Waals surface area contributed by atoms with Crippen molar-refractivity contribution in [3.63, 3.8) is 0 Å². The van der Waals surface area contributed by atoms with Gasteiger partial charge in [0.1, 0.15) is 19.0 Å². The first kappa shape index (κ1) is 12.3. The molecular formula is C11H16FN3O. The van der Waals surface area contributed by atoms with Crippen LogP contribution >= 0.6 is 0 Å². The lowest BCUT2D eigenvalue weighted by Gasteiger charge is -2.04. The highest BCUT2D eigenvalue weighted by atomic mass is 18.2. The van der Waals surface area contributed by atoms with Crippen LogP contribution in [0.2, 0.25) is 0 Å². The Bertz CT molecular complexity index is 334. The van der Waals surface area contributed by atoms with E-state index in [2.05, 4.69) is 4.99 Å². The molecule has 0 heterocycles. The van der Waals surface area contributed by atoms with E-state index in [1.807, 2.05) is 12.1 Å². The van der Waals surface area contributed by atoms with Gasteiger partial charge in [0.05, 0.1) is 0 Å². The molecule has 0 saturated carbocycles. The summed E-state index contributed by atoms with van der Waals surface area (Å²) in [4.78, 5) is 3.88. The van der Waals surface area contributed by atoms with Crippen molar-refractivity contribution in [2.75, 3.05) is 19.8 Å². The highest BCUT2D eigenvalue weighted by Gasteiger charge is 1.95. The van der Waals surface area contributed by atoms with Crippen molar-refractivity contribution in [3.05, 3.63) is 29.8 Å². The van der Waals surface area contributed by atoms with E-state index < -0.39 is 6.67 Å². The third-order valence-corrected chi connectivity index (χ3v) is 1.96. The van der Waals surface area contributed by atoms with Crippen molar-refractivity contribution in [2.45, 2.75) is 6.42 Å². The van der Waals surface area contributed by atoms with Gasteiger partial charge in [-0.15, -0.1) is 0 Å². The molecule has 4 nitrogen and oxygen atoms in total. The smallest absolute Gasteiger partial charge is 0.185 e. The molecular weight excluding hydrogens is 208 g/mol. The maximum absolute atomic E-state index is 11.8. The fourth-order valence-corrected chi connectivity index (χ4v) is 1.22. The van der Waals surface area contributed by atoms with Crippen molar-refractivity contribution >= 4 is 5.96 Å². The molecule has 1 rings (SSSR count). The molecule has 88 valence electrons. The number of alkyl halides is 1. The molecule has 0 bridgehead atoms. The van der Waals surface area contributed by atoms with Crippen molar-refractivity contribution < 1.29 is 9.13 Å². The lowest BCUT2D eigenvalue weighted by atomic mass is 10.1. The Morgan fingerprint density at radius 2 is 1.94 bits per heavy atom. The van der Waals surface area contributed by atoms with Gasteiger partial charge in [-0.05, 0) is 24.1 Å². The number of nitrogens with two attached hydrogens (primary N) is 2. The van der Waals surface area contributed by atoms with Crippen molar-refractivity contribution in [3.8, 4) is 5.75 Å². The quantitative estimate of drug-likeness (QED) is 0.555. The monoisotopic (exact) mass is 224 g/mol. The maximum atomic E-state index is 11.8. The normalized spacial score (nSPS) is 9.81. The number of guanidine groups is 1. The fourth-order valence-electron chi connectivity index (χ4n) is 1.22. The Balaban J connectivity index is 2.42. The Kier molecular flexibility index (Phi) is 5.11. The van der Waals surface area contributed by atoms with E-state index in [1.165, 1.54) is 0 Å². The van der Waals surface area contributed by atoms with Gasteiger partial charge < -0.3 is 16.2 Å². The van der Waals surface area contributed by atoms with Gasteiger partial charge in [0.25, 0.3) is 0 Å². The number of benzene rings is 1. The molecule has 0 radical (unpaired) electrons. The van der Waals surface area contributed by atoms with Gasteiger partial charge in [-0.3, -0.25) is 4.99 Å². The van der Waals surface area contributed by atoms with Crippen LogP contribution in [0.25, 0.3) is 0 Å². The third kappa shape index (κ3) is 4.63. The summed E-state index contributed by atoms with van der Waals surface area (Å²) >= 11 is 0. The zero-order valence-electron chi connectivity index (χ0n) is 9.03. The standard InChI is InChI=1S/C11H16FN3O/c12-6-8-16-10-3-1-9(2-4-10)5-7-15-11(13)14/h1-4H,5-8H2,(H4,13,14,15)/i12-1. The van der Waals surface area contributed by atoms with E-state index >= 15 is 0 Å². The van der Waals surface area contributed by atoms with E-state index in [0.29, 0.717) is 12.3 Å². The SMILES string of the molecule is NC(N)=NCCc1ccc(OCC[18F])cc1. The van der Waals surface area contributed by atoms with Crippen LogP contribution < -0.4 is 16.2 Å². The first-order chi connectivity index (χ1) is 7.72. The van der Waals surface area contributed by atoms with E-state index in [-0.39, 0.29) is 12.6 Å². The second kappa shape index (κ2) is 6.66. The van der Waals surface area contributed by atoms with Gasteiger partial charge in [0.2, 0.25) is 0 Å². The fraction of sp³-hybridized carbons (Fsp3) is 0.364. The minimum atomic E-state index is -0.480. The zero-order valence-corrected chi connectivity index (χ0v) is 9.03. The van der Waals surface area contributed by atoms with Crippen LogP contribution in [0.3, 0.4) is 0 Å². The summed E-state index contributed by atoms with van der Waals surface area (Å²) in [7, 11) is 0. The Hall–Kier alpha value is -1.78. The molecule has 0 unspecified atom stereocenters. The molecule has 16 heavy (non-hydrogen) atoms. The van der Waals surface area contributed by atoms with Crippen LogP contribution in [-0.4, -0.2) is 25.8 Å². The highest BCUT2D eigenvalue weighted by Crippen LogP contribution is 2.12. The molecule has 0 aliphatic heterocycles. The summed E-state index contributed by atoms with van der Waals surface area (Å²) in [5.74, 6) is 0.770. The molecule has 0 fully saturated rings. The summed E-state index contributed by atoms with van der Waals surface area (Å²) in [5, 5.41) is 0. The van der Waals surface area contributed by atoms with Crippen LogP contribution in [0.4, 0.5) is 4.39 Å². The number of halogens is 1. The topological polar surface area (TPSA) is 73.6 Å². The van der Waals surface area contributed by atoms with E-state index in [9.17, 15) is 4.39 Å². The number of hydrogen-bond donors (Lipinski definition) is 2. The molecule has 0 aliphatic rings. The Labute approximate surface area is 94.1 Å². The van der Waals surface area contributed by atoms with Crippen LogP contribution in [0, 0.1) is 0 Å².